The molecule has 4 heteroatoms. The van der Waals surface area contributed by atoms with Crippen molar-refractivity contribution in [1.29, 1.82) is 0 Å². The fourth-order valence-corrected chi connectivity index (χ4v) is 3.32. The van der Waals surface area contributed by atoms with Gasteiger partial charge in [-0.3, -0.25) is 0 Å². The molecule has 0 heterocycles. The highest BCUT2D eigenvalue weighted by molar-refractivity contribution is 5.75. The van der Waals surface area contributed by atoms with E-state index in [9.17, 15) is 4.79 Å². The smallest absolute Gasteiger partial charge is 0.318 e. The zero-order chi connectivity index (χ0) is 15.8. The van der Waals surface area contributed by atoms with Crippen molar-refractivity contribution in [2.75, 3.05) is 13.2 Å². The number of nitrogens with one attached hydrogen (secondary N) is 1. The summed E-state index contributed by atoms with van der Waals surface area (Å²) in [6.45, 7) is 2.94. The van der Waals surface area contributed by atoms with Crippen LogP contribution in [0.1, 0.15) is 57.1 Å². The number of hydrogen-bond donors (Lipinski definition) is 2. The summed E-state index contributed by atoms with van der Waals surface area (Å²) in [5, 5.41) is 12.3. The first-order valence-corrected chi connectivity index (χ1v) is 8.49. The standard InChI is InChI=1S/C18H28N2O2/c1-2-20(16-11-6-7-12-16)18(22)19-17(13-8-14-21)15-9-4-3-5-10-15/h3-5,9-10,16-17,21H,2,6-8,11-14H2,1H3,(H,19,22). The number of benzene rings is 1. The van der Waals surface area contributed by atoms with E-state index < -0.39 is 0 Å². The molecule has 1 unspecified atom stereocenters. The second-order valence-electron chi connectivity index (χ2n) is 6.00. The summed E-state index contributed by atoms with van der Waals surface area (Å²) in [5.41, 5.74) is 1.10. The van der Waals surface area contributed by atoms with Crippen LogP contribution >= 0.6 is 0 Å². The van der Waals surface area contributed by atoms with Crippen LogP contribution in [0.4, 0.5) is 4.79 Å². The van der Waals surface area contributed by atoms with Crippen LogP contribution in [0.25, 0.3) is 0 Å². The Morgan fingerprint density at radius 1 is 1.32 bits per heavy atom. The Labute approximate surface area is 133 Å². The van der Waals surface area contributed by atoms with Crippen LogP contribution in [0.2, 0.25) is 0 Å². The number of aliphatic hydroxyl groups excluding tert-OH is 1. The summed E-state index contributed by atoms with van der Waals surface area (Å²) < 4.78 is 0. The molecule has 2 rings (SSSR count). The van der Waals surface area contributed by atoms with Crippen LogP contribution in [0.5, 0.6) is 0 Å². The fourth-order valence-electron chi connectivity index (χ4n) is 3.32. The van der Waals surface area contributed by atoms with Crippen LogP contribution in [-0.4, -0.2) is 35.2 Å². The van der Waals surface area contributed by atoms with Crippen molar-refractivity contribution in [2.45, 2.75) is 57.5 Å². The molecule has 0 spiro atoms. The van der Waals surface area contributed by atoms with Crippen molar-refractivity contribution < 1.29 is 9.90 Å². The lowest BCUT2D eigenvalue weighted by Crippen LogP contribution is -2.46. The minimum absolute atomic E-state index is 0.0289. The molecule has 1 aromatic rings. The van der Waals surface area contributed by atoms with E-state index in [0.29, 0.717) is 12.5 Å². The van der Waals surface area contributed by atoms with E-state index in [4.69, 9.17) is 5.11 Å². The van der Waals surface area contributed by atoms with Crippen molar-refractivity contribution in [3.63, 3.8) is 0 Å². The van der Waals surface area contributed by atoms with Crippen molar-refractivity contribution in [3.05, 3.63) is 35.9 Å². The first kappa shape index (κ1) is 16.8. The van der Waals surface area contributed by atoms with Gasteiger partial charge in [0.1, 0.15) is 0 Å². The van der Waals surface area contributed by atoms with Gasteiger partial charge in [0.05, 0.1) is 6.04 Å². The summed E-state index contributed by atoms with van der Waals surface area (Å²) in [7, 11) is 0. The topological polar surface area (TPSA) is 52.6 Å². The monoisotopic (exact) mass is 304 g/mol. The number of amides is 2. The Kier molecular flexibility index (Phi) is 6.72. The molecule has 0 aromatic heterocycles. The number of rotatable bonds is 7. The number of urea groups is 1. The Morgan fingerprint density at radius 3 is 2.59 bits per heavy atom. The molecule has 1 atom stereocenters. The first-order chi connectivity index (χ1) is 10.8. The fraction of sp³-hybridized carbons (Fsp3) is 0.611. The molecular weight excluding hydrogens is 276 g/mol. The maximum atomic E-state index is 12.7. The normalized spacial score (nSPS) is 16.5. The molecule has 1 aliphatic carbocycles. The molecule has 1 fully saturated rings. The summed E-state index contributed by atoms with van der Waals surface area (Å²) >= 11 is 0. The summed E-state index contributed by atoms with van der Waals surface area (Å²) in [6.07, 6.45) is 6.13. The number of nitrogens with zero attached hydrogens (tertiary/aromatic N) is 1. The SMILES string of the molecule is CCN(C(=O)NC(CCCO)c1ccccc1)C1CCCC1. The lowest BCUT2D eigenvalue weighted by Gasteiger charge is -2.30. The number of carbonyl (C=O) groups is 1. The maximum absolute atomic E-state index is 12.7. The molecular formula is C18H28N2O2. The average Bonchev–Trinajstić information content (AvgIpc) is 3.07. The van der Waals surface area contributed by atoms with Gasteiger partial charge in [-0.25, -0.2) is 4.79 Å². The van der Waals surface area contributed by atoms with Crippen LogP contribution in [-0.2, 0) is 0 Å². The minimum Gasteiger partial charge on any atom is -0.396 e. The van der Waals surface area contributed by atoms with E-state index in [2.05, 4.69) is 5.32 Å². The molecule has 0 radical (unpaired) electrons. The predicted molar refractivity (Wildman–Crippen MR) is 88.7 cm³/mol. The molecule has 0 saturated heterocycles. The van der Waals surface area contributed by atoms with Gasteiger partial charge in [0.2, 0.25) is 0 Å². The minimum atomic E-state index is -0.0312. The van der Waals surface area contributed by atoms with Crippen molar-refractivity contribution in [3.8, 4) is 0 Å². The van der Waals surface area contributed by atoms with Gasteiger partial charge < -0.3 is 15.3 Å². The lowest BCUT2D eigenvalue weighted by molar-refractivity contribution is 0.173. The highest BCUT2D eigenvalue weighted by atomic mass is 16.3. The van der Waals surface area contributed by atoms with Gasteiger partial charge in [0, 0.05) is 19.2 Å². The van der Waals surface area contributed by atoms with E-state index >= 15 is 0 Å². The van der Waals surface area contributed by atoms with Crippen molar-refractivity contribution in [2.24, 2.45) is 0 Å². The van der Waals surface area contributed by atoms with E-state index in [1.54, 1.807) is 0 Å². The zero-order valence-electron chi connectivity index (χ0n) is 13.5. The molecule has 1 aromatic carbocycles. The maximum Gasteiger partial charge on any atom is 0.318 e. The predicted octanol–water partition coefficient (Wildman–Crippen LogP) is 3.47. The van der Waals surface area contributed by atoms with E-state index in [-0.39, 0.29) is 18.7 Å². The number of hydrogen-bond acceptors (Lipinski definition) is 2. The summed E-state index contributed by atoms with van der Waals surface area (Å²) in [4.78, 5) is 14.6. The Bertz CT molecular complexity index is 444. The molecule has 0 aliphatic heterocycles. The van der Waals surface area contributed by atoms with Gasteiger partial charge >= 0.3 is 6.03 Å². The molecule has 4 nitrogen and oxygen atoms in total. The van der Waals surface area contributed by atoms with Crippen LogP contribution in [0.3, 0.4) is 0 Å². The molecule has 2 amide bonds. The van der Waals surface area contributed by atoms with Crippen LogP contribution < -0.4 is 5.32 Å². The van der Waals surface area contributed by atoms with Gasteiger partial charge in [-0.2, -0.15) is 0 Å². The third-order valence-corrected chi connectivity index (χ3v) is 4.52. The Hall–Kier alpha value is -1.55. The molecule has 122 valence electrons. The second-order valence-corrected chi connectivity index (χ2v) is 6.00. The quantitative estimate of drug-likeness (QED) is 0.810. The highest BCUT2D eigenvalue weighted by Gasteiger charge is 2.26. The van der Waals surface area contributed by atoms with Gasteiger partial charge in [-0.15, -0.1) is 0 Å². The van der Waals surface area contributed by atoms with E-state index in [0.717, 1.165) is 31.4 Å². The van der Waals surface area contributed by atoms with E-state index in [1.807, 2.05) is 42.2 Å². The van der Waals surface area contributed by atoms with Gasteiger partial charge in [-0.1, -0.05) is 43.2 Å². The average molecular weight is 304 g/mol. The Morgan fingerprint density at radius 2 is 2.00 bits per heavy atom. The third kappa shape index (κ3) is 4.47. The molecule has 22 heavy (non-hydrogen) atoms. The van der Waals surface area contributed by atoms with Crippen LogP contribution in [0, 0.1) is 0 Å². The second kappa shape index (κ2) is 8.79. The molecule has 1 aliphatic rings. The van der Waals surface area contributed by atoms with Gasteiger partial charge in [0.25, 0.3) is 0 Å². The first-order valence-electron chi connectivity index (χ1n) is 8.49. The number of aliphatic hydroxyl groups is 1. The molecule has 2 N–H and O–H groups in total. The molecule has 0 bridgehead atoms. The number of carbonyl (C=O) groups excluding carboxylic acids is 1. The van der Waals surface area contributed by atoms with Crippen molar-refractivity contribution >= 4 is 6.03 Å². The largest absolute Gasteiger partial charge is 0.396 e. The zero-order valence-corrected chi connectivity index (χ0v) is 13.5. The Balaban J connectivity index is 2.03. The summed E-state index contributed by atoms with van der Waals surface area (Å²) in [5.74, 6) is 0. The highest BCUT2D eigenvalue weighted by Crippen LogP contribution is 2.24. The van der Waals surface area contributed by atoms with Crippen LogP contribution in [0.15, 0.2) is 30.3 Å². The van der Waals surface area contributed by atoms with Gasteiger partial charge in [-0.05, 0) is 38.2 Å². The molecule has 1 saturated carbocycles. The summed E-state index contributed by atoms with van der Waals surface area (Å²) in [6, 6.07) is 10.4. The van der Waals surface area contributed by atoms with Crippen molar-refractivity contribution in [1.82, 2.24) is 10.2 Å². The lowest BCUT2D eigenvalue weighted by atomic mass is 10.0. The third-order valence-electron chi connectivity index (χ3n) is 4.52. The van der Waals surface area contributed by atoms with E-state index in [1.165, 1.54) is 12.8 Å². The van der Waals surface area contributed by atoms with Gasteiger partial charge in [0.15, 0.2) is 0 Å².